The fourth-order valence-electron chi connectivity index (χ4n) is 3.39. The number of phenolic OH excluding ortho intramolecular Hbond substituents is 2. The second kappa shape index (κ2) is 7.17. The highest BCUT2D eigenvalue weighted by Crippen LogP contribution is 2.42. The van der Waals surface area contributed by atoms with E-state index in [4.69, 9.17) is 4.74 Å². The van der Waals surface area contributed by atoms with E-state index < -0.39 is 17.5 Å². The van der Waals surface area contributed by atoms with Crippen molar-refractivity contribution >= 4 is 18.0 Å². The van der Waals surface area contributed by atoms with Crippen LogP contribution in [0.25, 0.3) is 6.08 Å². The van der Waals surface area contributed by atoms with Gasteiger partial charge in [-0.3, -0.25) is 0 Å². The van der Waals surface area contributed by atoms with E-state index in [1.807, 2.05) is 13.8 Å². The van der Waals surface area contributed by atoms with Crippen LogP contribution in [-0.4, -0.2) is 32.9 Å². The number of aliphatic carboxylic acids is 1. The van der Waals surface area contributed by atoms with Gasteiger partial charge in [0, 0.05) is 18.9 Å². The Balaban J connectivity index is 2.14. The van der Waals surface area contributed by atoms with Crippen LogP contribution in [0.5, 0.6) is 11.5 Å². The summed E-state index contributed by atoms with van der Waals surface area (Å²) in [4.78, 5) is 24.0. The fourth-order valence-corrected chi connectivity index (χ4v) is 3.39. The van der Waals surface area contributed by atoms with Gasteiger partial charge in [0.15, 0.2) is 11.5 Å². The number of carboxylic acids is 1. The summed E-state index contributed by atoms with van der Waals surface area (Å²) in [5.41, 5.74) is -1.03. The van der Waals surface area contributed by atoms with Gasteiger partial charge in [-0.15, -0.1) is 0 Å². The molecule has 136 valence electrons. The number of phenols is 2. The van der Waals surface area contributed by atoms with Crippen molar-refractivity contribution in [2.75, 3.05) is 0 Å². The minimum absolute atomic E-state index is 0.130. The molecule has 6 nitrogen and oxygen atoms in total. The first-order valence-corrected chi connectivity index (χ1v) is 8.31. The topological polar surface area (TPSA) is 104 Å². The number of rotatable bonds is 4. The number of carbonyl (C=O) groups excluding carboxylic acids is 1. The first-order chi connectivity index (χ1) is 11.6. The summed E-state index contributed by atoms with van der Waals surface area (Å²) in [6.07, 6.45) is 3.10. The van der Waals surface area contributed by atoms with Gasteiger partial charge < -0.3 is 20.1 Å². The Hall–Kier alpha value is -2.50. The lowest BCUT2D eigenvalue weighted by atomic mass is 9.67. The fraction of sp³-hybridized carbons (Fsp3) is 0.474. The van der Waals surface area contributed by atoms with E-state index in [-0.39, 0.29) is 36.2 Å². The summed E-state index contributed by atoms with van der Waals surface area (Å²) in [7, 11) is 0. The Labute approximate surface area is 146 Å². The van der Waals surface area contributed by atoms with Crippen LogP contribution in [0.2, 0.25) is 0 Å². The van der Waals surface area contributed by atoms with Crippen LogP contribution in [0.4, 0.5) is 0 Å². The highest BCUT2D eigenvalue weighted by Gasteiger charge is 2.49. The summed E-state index contributed by atoms with van der Waals surface area (Å²) in [5.74, 6) is -1.81. The number of carbonyl (C=O) groups is 2. The predicted molar refractivity (Wildman–Crippen MR) is 92.0 cm³/mol. The van der Waals surface area contributed by atoms with Crippen LogP contribution in [0.3, 0.4) is 0 Å². The predicted octanol–water partition coefficient (Wildman–Crippen LogP) is 3.18. The summed E-state index contributed by atoms with van der Waals surface area (Å²) in [5, 5.41) is 28.4. The zero-order valence-corrected chi connectivity index (χ0v) is 14.6. The number of esters is 1. The zero-order chi connectivity index (χ0) is 18.8. The Morgan fingerprint density at radius 1 is 1.12 bits per heavy atom. The van der Waals surface area contributed by atoms with Crippen LogP contribution in [0, 0.1) is 17.8 Å². The Morgan fingerprint density at radius 2 is 1.72 bits per heavy atom. The molecule has 1 saturated carbocycles. The number of aromatic hydroxyl groups is 2. The molecule has 1 aromatic rings. The molecule has 0 bridgehead atoms. The first kappa shape index (κ1) is 18.8. The van der Waals surface area contributed by atoms with Crippen LogP contribution in [0.1, 0.15) is 39.2 Å². The van der Waals surface area contributed by atoms with Gasteiger partial charge in [-0.05, 0) is 41.5 Å². The molecule has 25 heavy (non-hydrogen) atoms. The van der Waals surface area contributed by atoms with Crippen molar-refractivity contribution in [3.63, 3.8) is 0 Å². The maximum atomic E-state index is 12.2. The second-order valence-corrected chi connectivity index (χ2v) is 7.02. The second-order valence-electron chi connectivity index (χ2n) is 7.02. The van der Waals surface area contributed by atoms with Gasteiger partial charge in [-0.25, -0.2) is 9.59 Å². The highest BCUT2D eigenvalue weighted by atomic mass is 16.6. The molecule has 0 aliphatic heterocycles. The number of hydrogen-bond donors (Lipinski definition) is 3. The minimum Gasteiger partial charge on any atom is -0.504 e. The van der Waals surface area contributed by atoms with Crippen LogP contribution in [-0.2, 0) is 14.3 Å². The SMILES string of the molecule is CC1CC(OC(=O)/C=C/c2ccc(O)c(O)c2)(C(=O)O)CC(C)C1C. The molecule has 3 N–H and O–H groups in total. The van der Waals surface area contributed by atoms with Crippen molar-refractivity contribution in [2.24, 2.45) is 17.8 Å². The van der Waals surface area contributed by atoms with Gasteiger partial charge in [-0.2, -0.15) is 0 Å². The molecule has 0 radical (unpaired) electrons. The molecule has 1 aliphatic rings. The maximum absolute atomic E-state index is 12.2. The lowest BCUT2D eigenvalue weighted by molar-refractivity contribution is -0.185. The van der Waals surface area contributed by atoms with E-state index in [1.165, 1.54) is 24.3 Å². The molecular formula is C19H24O6. The number of hydrogen-bond acceptors (Lipinski definition) is 5. The van der Waals surface area contributed by atoms with E-state index in [9.17, 15) is 24.9 Å². The lowest BCUT2D eigenvalue weighted by Gasteiger charge is -2.42. The third kappa shape index (κ3) is 4.13. The Bertz CT molecular complexity index is 681. The number of ether oxygens (including phenoxy) is 1. The molecule has 0 aromatic heterocycles. The van der Waals surface area contributed by atoms with E-state index in [2.05, 4.69) is 6.92 Å². The molecule has 2 atom stereocenters. The molecule has 0 saturated heterocycles. The Kier molecular flexibility index (Phi) is 5.40. The largest absolute Gasteiger partial charge is 0.504 e. The molecule has 0 amide bonds. The smallest absolute Gasteiger partial charge is 0.348 e. The van der Waals surface area contributed by atoms with Gasteiger partial charge in [0.1, 0.15) is 0 Å². The molecule has 6 heteroatoms. The van der Waals surface area contributed by atoms with Gasteiger partial charge in [0.2, 0.25) is 5.60 Å². The molecule has 1 fully saturated rings. The van der Waals surface area contributed by atoms with E-state index in [0.29, 0.717) is 11.5 Å². The number of carboxylic acid groups (broad SMARTS) is 1. The molecule has 1 aliphatic carbocycles. The lowest BCUT2D eigenvalue weighted by Crippen LogP contribution is -2.50. The summed E-state index contributed by atoms with van der Waals surface area (Å²) < 4.78 is 5.37. The van der Waals surface area contributed by atoms with Crippen LogP contribution < -0.4 is 0 Å². The van der Waals surface area contributed by atoms with Gasteiger partial charge in [-0.1, -0.05) is 26.8 Å². The summed E-state index contributed by atoms with van der Waals surface area (Å²) in [6, 6.07) is 4.10. The third-order valence-electron chi connectivity index (χ3n) is 5.20. The molecule has 0 spiro atoms. The molecule has 1 aromatic carbocycles. The third-order valence-corrected chi connectivity index (χ3v) is 5.20. The molecular weight excluding hydrogens is 324 g/mol. The monoisotopic (exact) mass is 348 g/mol. The summed E-state index contributed by atoms with van der Waals surface area (Å²) in [6.45, 7) is 6.03. The first-order valence-electron chi connectivity index (χ1n) is 8.31. The highest BCUT2D eigenvalue weighted by molar-refractivity contribution is 5.90. The van der Waals surface area contributed by atoms with Crippen molar-refractivity contribution < 1.29 is 29.6 Å². The maximum Gasteiger partial charge on any atom is 0.348 e. The number of benzene rings is 1. The van der Waals surface area contributed by atoms with Gasteiger partial charge in [0.25, 0.3) is 0 Å². The Morgan fingerprint density at radius 3 is 2.24 bits per heavy atom. The quantitative estimate of drug-likeness (QED) is 0.438. The molecule has 0 heterocycles. The molecule has 2 rings (SSSR count). The molecule has 2 unspecified atom stereocenters. The van der Waals surface area contributed by atoms with Crippen molar-refractivity contribution in [2.45, 2.75) is 39.2 Å². The average Bonchev–Trinajstić information content (AvgIpc) is 2.53. The van der Waals surface area contributed by atoms with Gasteiger partial charge in [0.05, 0.1) is 0 Å². The van der Waals surface area contributed by atoms with E-state index in [0.717, 1.165) is 6.08 Å². The standard InChI is InChI=1S/C19H24O6/c1-11-9-19(18(23)24,10-12(2)13(11)3)25-17(22)7-5-14-4-6-15(20)16(21)8-14/h4-8,11-13,20-21H,9-10H2,1-3H3,(H,23,24)/b7-5+. The summed E-state index contributed by atoms with van der Waals surface area (Å²) >= 11 is 0. The van der Waals surface area contributed by atoms with Crippen LogP contribution in [0.15, 0.2) is 24.3 Å². The van der Waals surface area contributed by atoms with Crippen molar-refractivity contribution in [3.8, 4) is 11.5 Å². The van der Waals surface area contributed by atoms with Crippen LogP contribution >= 0.6 is 0 Å². The normalized spacial score (nSPS) is 29.5. The minimum atomic E-state index is -1.51. The van der Waals surface area contributed by atoms with E-state index >= 15 is 0 Å². The van der Waals surface area contributed by atoms with Gasteiger partial charge >= 0.3 is 11.9 Å². The average molecular weight is 348 g/mol. The van der Waals surface area contributed by atoms with Crippen molar-refractivity contribution in [1.82, 2.24) is 0 Å². The van der Waals surface area contributed by atoms with Crippen molar-refractivity contribution in [3.05, 3.63) is 29.8 Å². The van der Waals surface area contributed by atoms with Crippen molar-refractivity contribution in [1.29, 1.82) is 0 Å². The van der Waals surface area contributed by atoms with E-state index in [1.54, 1.807) is 0 Å². The zero-order valence-electron chi connectivity index (χ0n) is 14.6.